The molecule has 1 saturated carbocycles. The molecule has 2 fully saturated rings. The van der Waals surface area contributed by atoms with Crippen LogP contribution in [0.5, 0.6) is 0 Å². The SMILES string of the molecule is CCC1CCC2(CCNC2CC)CC1. The first-order chi connectivity index (χ1) is 6.80. The lowest BCUT2D eigenvalue weighted by Crippen LogP contribution is -2.39. The van der Waals surface area contributed by atoms with Crippen molar-refractivity contribution in [1.82, 2.24) is 5.32 Å². The molecule has 2 aliphatic rings. The topological polar surface area (TPSA) is 12.0 Å². The fourth-order valence-electron chi connectivity index (χ4n) is 3.72. The van der Waals surface area contributed by atoms with Gasteiger partial charge in [0.15, 0.2) is 0 Å². The standard InChI is InChI=1S/C13H25N/c1-3-11-5-7-13(8-6-11)9-10-14-12(13)4-2/h11-12,14H,3-10H2,1-2H3. The van der Waals surface area contributed by atoms with E-state index in [-0.39, 0.29) is 0 Å². The Hall–Kier alpha value is -0.0400. The molecule has 1 heterocycles. The zero-order valence-corrected chi connectivity index (χ0v) is 9.81. The van der Waals surface area contributed by atoms with Gasteiger partial charge in [-0.2, -0.15) is 0 Å². The van der Waals surface area contributed by atoms with E-state index in [0.29, 0.717) is 5.41 Å². The van der Waals surface area contributed by atoms with E-state index in [1.54, 1.807) is 0 Å². The van der Waals surface area contributed by atoms with Crippen molar-refractivity contribution in [2.24, 2.45) is 11.3 Å². The molecule has 1 atom stereocenters. The van der Waals surface area contributed by atoms with Gasteiger partial charge in [0.25, 0.3) is 0 Å². The summed E-state index contributed by atoms with van der Waals surface area (Å²) in [6.07, 6.45) is 10.2. The second-order valence-corrected chi connectivity index (χ2v) is 5.38. The fourth-order valence-corrected chi connectivity index (χ4v) is 3.72. The lowest BCUT2D eigenvalue weighted by atomic mass is 9.65. The molecule has 0 aromatic rings. The van der Waals surface area contributed by atoms with Gasteiger partial charge >= 0.3 is 0 Å². The summed E-state index contributed by atoms with van der Waals surface area (Å²) < 4.78 is 0. The minimum Gasteiger partial charge on any atom is -0.313 e. The van der Waals surface area contributed by atoms with Gasteiger partial charge in [-0.05, 0) is 56.4 Å². The average molecular weight is 195 g/mol. The minimum atomic E-state index is 0.709. The Labute approximate surface area is 88.7 Å². The molecule has 1 spiro atoms. The molecule has 1 nitrogen and oxygen atoms in total. The van der Waals surface area contributed by atoms with Gasteiger partial charge in [-0.15, -0.1) is 0 Å². The third-order valence-corrected chi connectivity index (χ3v) is 4.84. The molecule has 0 bridgehead atoms. The first-order valence-corrected chi connectivity index (χ1v) is 6.54. The molecule has 14 heavy (non-hydrogen) atoms. The molecule has 0 aromatic heterocycles. The summed E-state index contributed by atoms with van der Waals surface area (Å²) in [6, 6.07) is 0.834. The number of nitrogens with one attached hydrogen (secondary N) is 1. The predicted molar refractivity (Wildman–Crippen MR) is 61.4 cm³/mol. The summed E-state index contributed by atoms with van der Waals surface area (Å²) in [7, 11) is 0. The van der Waals surface area contributed by atoms with Crippen LogP contribution in [-0.2, 0) is 0 Å². The van der Waals surface area contributed by atoms with Crippen LogP contribution in [0.3, 0.4) is 0 Å². The smallest absolute Gasteiger partial charge is 0.0121 e. The molecule has 1 saturated heterocycles. The molecule has 1 heteroatoms. The maximum Gasteiger partial charge on any atom is 0.0121 e. The largest absolute Gasteiger partial charge is 0.313 e. The third-order valence-electron chi connectivity index (χ3n) is 4.84. The highest BCUT2D eigenvalue weighted by molar-refractivity contribution is 4.98. The molecule has 1 unspecified atom stereocenters. The van der Waals surface area contributed by atoms with E-state index in [4.69, 9.17) is 0 Å². The molecule has 82 valence electrons. The molecule has 0 radical (unpaired) electrons. The molecule has 1 N–H and O–H groups in total. The molecular weight excluding hydrogens is 170 g/mol. The van der Waals surface area contributed by atoms with Gasteiger partial charge in [0.1, 0.15) is 0 Å². The summed E-state index contributed by atoms with van der Waals surface area (Å²) in [5.41, 5.74) is 0.709. The van der Waals surface area contributed by atoms with Crippen molar-refractivity contribution in [1.29, 1.82) is 0 Å². The zero-order chi connectivity index (χ0) is 10.0. The van der Waals surface area contributed by atoms with Gasteiger partial charge in [0, 0.05) is 6.04 Å². The minimum absolute atomic E-state index is 0.709. The predicted octanol–water partition coefficient (Wildman–Crippen LogP) is 3.34. The van der Waals surface area contributed by atoms with E-state index in [0.717, 1.165) is 12.0 Å². The average Bonchev–Trinajstić information content (AvgIpc) is 2.62. The summed E-state index contributed by atoms with van der Waals surface area (Å²) in [5.74, 6) is 1.04. The van der Waals surface area contributed by atoms with Crippen LogP contribution in [0, 0.1) is 11.3 Å². The first kappa shape index (κ1) is 10.5. The molecule has 1 aliphatic heterocycles. The van der Waals surface area contributed by atoms with Gasteiger partial charge in [0.05, 0.1) is 0 Å². The van der Waals surface area contributed by atoms with Crippen molar-refractivity contribution in [3.05, 3.63) is 0 Å². The maximum absolute atomic E-state index is 3.70. The Morgan fingerprint density at radius 2 is 1.79 bits per heavy atom. The number of hydrogen-bond donors (Lipinski definition) is 1. The summed E-state index contributed by atoms with van der Waals surface area (Å²) in [6.45, 7) is 5.97. The van der Waals surface area contributed by atoms with Crippen LogP contribution in [0.1, 0.15) is 58.8 Å². The van der Waals surface area contributed by atoms with Gasteiger partial charge in [0.2, 0.25) is 0 Å². The van der Waals surface area contributed by atoms with Crippen LogP contribution in [0.4, 0.5) is 0 Å². The van der Waals surface area contributed by atoms with E-state index in [2.05, 4.69) is 19.2 Å². The molecule has 1 aliphatic carbocycles. The van der Waals surface area contributed by atoms with E-state index in [1.165, 1.54) is 51.5 Å². The lowest BCUT2D eigenvalue weighted by molar-refractivity contribution is 0.125. The van der Waals surface area contributed by atoms with Crippen LogP contribution < -0.4 is 5.32 Å². The second kappa shape index (κ2) is 4.22. The van der Waals surface area contributed by atoms with Crippen molar-refractivity contribution in [2.45, 2.75) is 64.8 Å². The van der Waals surface area contributed by atoms with Crippen LogP contribution in [0.25, 0.3) is 0 Å². The molecule has 0 amide bonds. The Kier molecular flexibility index (Phi) is 3.16. The number of hydrogen-bond acceptors (Lipinski definition) is 1. The Bertz CT molecular complexity index is 180. The Balaban J connectivity index is 1.97. The van der Waals surface area contributed by atoms with E-state index in [9.17, 15) is 0 Å². The highest BCUT2D eigenvalue weighted by atomic mass is 15.0. The van der Waals surface area contributed by atoms with E-state index >= 15 is 0 Å². The van der Waals surface area contributed by atoms with Gasteiger partial charge in [-0.3, -0.25) is 0 Å². The molecular formula is C13H25N. The third kappa shape index (κ3) is 1.71. The first-order valence-electron chi connectivity index (χ1n) is 6.54. The van der Waals surface area contributed by atoms with E-state index in [1.807, 2.05) is 0 Å². The summed E-state index contributed by atoms with van der Waals surface area (Å²) in [4.78, 5) is 0. The van der Waals surface area contributed by atoms with Crippen molar-refractivity contribution in [3.8, 4) is 0 Å². The normalized spacial score (nSPS) is 43.3. The van der Waals surface area contributed by atoms with Crippen molar-refractivity contribution < 1.29 is 0 Å². The van der Waals surface area contributed by atoms with Gasteiger partial charge in [-0.25, -0.2) is 0 Å². The molecule has 2 rings (SSSR count). The highest BCUT2D eigenvalue weighted by Crippen LogP contribution is 2.47. The van der Waals surface area contributed by atoms with Crippen LogP contribution >= 0.6 is 0 Å². The Morgan fingerprint density at radius 3 is 2.36 bits per heavy atom. The van der Waals surface area contributed by atoms with Crippen LogP contribution in [-0.4, -0.2) is 12.6 Å². The van der Waals surface area contributed by atoms with Crippen molar-refractivity contribution >= 4 is 0 Å². The van der Waals surface area contributed by atoms with Crippen LogP contribution in [0.15, 0.2) is 0 Å². The molecule has 0 aromatic carbocycles. The second-order valence-electron chi connectivity index (χ2n) is 5.38. The lowest BCUT2D eigenvalue weighted by Gasteiger charge is -2.41. The monoisotopic (exact) mass is 195 g/mol. The van der Waals surface area contributed by atoms with Crippen LogP contribution in [0.2, 0.25) is 0 Å². The van der Waals surface area contributed by atoms with Crippen molar-refractivity contribution in [3.63, 3.8) is 0 Å². The maximum atomic E-state index is 3.70. The number of rotatable bonds is 2. The highest BCUT2D eigenvalue weighted by Gasteiger charge is 2.43. The van der Waals surface area contributed by atoms with Gasteiger partial charge < -0.3 is 5.32 Å². The zero-order valence-electron chi connectivity index (χ0n) is 9.81. The Morgan fingerprint density at radius 1 is 1.07 bits per heavy atom. The quantitative estimate of drug-likeness (QED) is 0.712. The van der Waals surface area contributed by atoms with Gasteiger partial charge in [-0.1, -0.05) is 20.3 Å². The van der Waals surface area contributed by atoms with Crippen molar-refractivity contribution in [2.75, 3.05) is 6.54 Å². The van der Waals surface area contributed by atoms with E-state index < -0.39 is 0 Å². The fraction of sp³-hybridized carbons (Fsp3) is 1.00. The summed E-state index contributed by atoms with van der Waals surface area (Å²) >= 11 is 0. The summed E-state index contributed by atoms with van der Waals surface area (Å²) in [5, 5.41) is 3.70.